The maximum Gasteiger partial charge on any atom is 0.253 e. The Kier molecular flexibility index (Phi) is 6.42. The molecule has 6 nitrogen and oxygen atoms in total. The summed E-state index contributed by atoms with van der Waals surface area (Å²) in [6.45, 7) is 4.87. The first-order chi connectivity index (χ1) is 13.0. The van der Waals surface area contributed by atoms with Gasteiger partial charge in [-0.25, -0.2) is 0 Å². The fraction of sp³-hybridized carbons (Fsp3) is 0.429. The lowest BCUT2D eigenvalue weighted by molar-refractivity contribution is 0.0851. The molecule has 2 heterocycles. The molecule has 1 fully saturated rings. The number of aromatic nitrogens is 1. The highest BCUT2D eigenvalue weighted by atomic mass is 16.3. The van der Waals surface area contributed by atoms with Crippen LogP contribution in [0.1, 0.15) is 40.4 Å². The smallest absolute Gasteiger partial charge is 0.253 e. The molecule has 1 aliphatic rings. The van der Waals surface area contributed by atoms with Crippen LogP contribution < -0.4 is 10.9 Å². The molecule has 3 N–H and O–H groups in total. The van der Waals surface area contributed by atoms with E-state index in [4.69, 9.17) is 0 Å². The summed E-state index contributed by atoms with van der Waals surface area (Å²) >= 11 is 0. The summed E-state index contributed by atoms with van der Waals surface area (Å²) in [7, 11) is 0. The van der Waals surface area contributed by atoms with Gasteiger partial charge < -0.3 is 20.3 Å². The number of benzene rings is 1. The van der Waals surface area contributed by atoms with Gasteiger partial charge in [0, 0.05) is 25.4 Å². The molecule has 27 heavy (non-hydrogen) atoms. The van der Waals surface area contributed by atoms with Crippen molar-refractivity contribution in [2.75, 3.05) is 26.2 Å². The lowest BCUT2D eigenvalue weighted by atomic mass is 9.96. The minimum absolute atomic E-state index is 0.148. The first-order valence-corrected chi connectivity index (χ1v) is 9.46. The summed E-state index contributed by atoms with van der Waals surface area (Å²) in [5.74, 6) is 0.285. The Bertz CT molecular complexity index is 811. The molecule has 144 valence electrons. The molecule has 1 aromatic carbocycles. The van der Waals surface area contributed by atoms with E-state index in [0.29, 0.717) is 30.1 Å². The van der Waals surface area contributed by atoms with E-state index in [1.807, 2.05) is 30.3 Å². The molecule has 1 amide bonds. The van der Waals surface area contributed by atoms with Gasteiger partial charge in [0.1, 0.15) is 0 Å². The first kappa shape index (κ1) is 19.3. The van der Waals surface area contributed by atoms with Crippen molar-refractivity contribution in [1.29, 1.82) is 0 Å². The van der Waals surface area contributed by atoms with E-state index in [9.17, 15) is 14.7 Å². The fourth-order valence-electron chi connectivity index (χ4n) is 3.55. The largest absolute Gasteiger partial charge is 0.387 e. The number of hydrogen-bond acceptors (Lipinski definition) is 4. The van der Waals surface area contributed by atoms with Crippen molar-refractivity contribution >= 4 is 5.91 Å². The number of nitrogens with one attached hydrogen (secondary N) is 2. The molecule has 3 rings (SSSR count). The zero-order chi connectivity index (χ0) is 19.2. The second kappa shape index (κ2) is 8.97. The number of aryl methyl sites for hydroxylation is 1. The van der Waals surface area contributed by atoms with Gasteiger partial charge >= 0.3 is 0 Å². The van der Waals surface area contributed by atoms with Gasteiger partial charge in [0.2, 0.25) is 5.56 Å². The average molecular weight is 369 g/mol. The quantitative estimate of drug-likeness (QED) is 0.726. The molecule has 0 spiro atoms. The molecule has 1 saturated heterocycles. The number of aliphatic hydroxyl groups is 1. The van der Waals surface area contributed by atoms with Crippen LogP contribution in [-0.2, 0) is 0 Å². The Morgan fingerprint density at radius 2 is 2.00 bits per heavy atom. The van der Waals surface area contributed by atoms with Crippen LogP contribution in [0, 0.1) is 12.8 Å². The van der Waals surface area contributed by atoms with E-state index >= 15 is 0 Å². The van der Waals surface area contributed by atoms with Crippen molar-refractivity contribution in [3.05, 3.63) is 69.6 Å². The van der Waals surface area contributed by atoms with Crippen LogP contribution in [0.4, 0.5) is 0 Å². The number of hydrogen-bond donors (Lipinski definition) is 3. The highest BCUT2D eigenvalue weighted by Crippen LogP contribution is 2.20. The molecule has 1 unspecified atom stereocenters. The van der Waals surface area contributed by atoms with Gasteiger partial charge in [-0.2, -0.15) is 0 Å². The second-order valence-corrected chi connectivity index (χ2v) is 7.27. The van der Waals surface area contributed by atoms with E-state index in [2.05, 4.69) is 15.2 Å². The Balaban J connectivity index is 1.43. The van der Waals surface area contributed by atoms with Gasteiger partial charge in [0.05, 0.1) is 11.7 Å². The first-order valence-electron chi connectivity index (χ1n) is 9.46. The van der Waals surface area contributed by atoms with Gasteiger partial charge in [-0.1, -0.05) is 30.3 Å². The number of nitrogens with zero attached hydrogens (tertiary/aromatic N) is 1. The third-order valence-electron chi connectivity index (χ3n) is 5.25. The molecule has 2 aromatic rings. The number of likely N-dealkylation sites (tertiary alicyclic amines) is 1. The lowest BCUT2D eigenvalue weighted by Gasteiger charge is -2.33. The van der Waals surface area contributed by atoms with Crippen LogP contribution in [0.2, 0.25) is 0 Å². The molecule has 0 saturated carbocycles. The van der Waals surface area contributed by atoms with Gasteiger partial charge in [0.25, 0.3) is 5.91 Å². The molecule has 1 atom stereocenters. The Hall–Kier alpha value is -2.44. The Morgan fingerprint density at radius 1 is 1.30 bits per heavy atom. The highest BCUT2D eigenvalue weighted by molar-refractivity contribution is 5.95. The van der Waals surface area contributed by atoms with Gasteiger partial charge in [0.15, 0.2) is 0 Å². The SMILES string of the molecule is Cc1cc(=O)[nH]cc1C(=O)NCC1CCN(CC(O)c2ccccc2)CC1. The topological polar surface area (TPSA) is 85.4 Å². The van der Waals surface area contributed by atoms with Crippen LogP contribution in [0.25, 0.3) is 0 Å². The molecule has 0 bridgehead atoms. The van der Waals surface area contributed by atoms with Crippen LogP contribution in [0.3, 0.4) is 0 Å². The summed E-state index contributed by atoms with van der Waals surface area (Å²) in [6.07, 6.45) is 2.99. The van der Waals surface area contributed by atoms with Crippen molar-refractivity contribution in [2.24, 2.45) is 5.92 Å². The zero-order valence-electron chi connectivity index (χ0n) is 15.6. The standard InChI is InChI=1S/C21H27N3O3/c1-15-11-20(26)22-13-18(15)21(27)23-12-16-7-9-24(10-8-16)14-19(25)17-5-3-2-4-6-17/h2-6,11,13,16,19,25H,7-10,12,14H2,1H3,(H,22,26)(H,23,27). The third kappa shape index (κ3) is 5.28. The van der Waals surface area contributed by atoms with Gasteiger partial charge in [-0.15, -0.1) is 0 Å². The third-order valence-corrected chi connectivity index (χ3v) is 5.25. The summed E-state index contributed by atoms with van der Waals surface area (Å²) < 4.78 is 0. The van der Waals surface area contributed by atoms with E-state index in [1.165, 1.54) is 12.3 Å². The van der Waals surface area contributed by atoms with Crippen LogP contribution >= 0.6 is 0 Å². The number of rotatable bonds is 6. The predicted octanol–water partition coefficient (Wildman–Crippen LogP) is 1.86. The second-order valence-electron chi connectivity index (χ2n) is 7.27. The number of amides is 1. The number of aromatic amines is 1. The number of carbonyl (C=O) groups is 1. The van der Waals surface area contributed by atoms with Crippen LogP contribution in [0.5, 0.6) is 0 Å². The maximum atomic E-state index is 12.3. The summed E-state index contributed by atoms with van der Waals surface area (Å²) in [5, 5.41) is 13.3. The monoisotopic (exact) mass is 369 g/mol. The fourth-order valence-corrected chi connectivity index (χ4v) is 3.55. The molecule has 1 aromatic heterocycles. The molecule has 6 heteroatoms. The summed E-state index contributed by atoms with van der Waals surface area (Å²) in [5.41, 5.74) is 1.94. The number of piperidine rings is 1. The van der Waals surface area contributed by atoms with Crippen LogP contribution in [-0.4, -0.2) is 47.1 Å². The zero-order valence-corrected chi connectivity index (χ0v) is 15.6. The molecular formula is C21H27N3O3. The molecule has 0 aliphatic carbocycles. The predicted molar refractivity (Wildman–Crippen MR) is 105 cm³/mol. The van der Waals surface area contributed by atoms with Crippen molar-refractivity contribution in [2.45, 2.75) is 25.9 Å². The number of H-pyrrole nitrogens is 1. The highest BCUT2D eigenvalue weighted by Gasteiger charge is 2.22. The Labute approximate surface area is 159 Å². The minimum Gasteiger partial charge on any atom is -0.387 e. The Morgan fingerprint density at radius 3 is 2.67 bits per heavy atom. The van der Waals surface area contributed by atoms with E-state index in [-0.39, 0.29) is 11.5 Å². The van der Waals surface area contributed by atoms with Crippen molar-refractivity contribution in [3.63, 3.8) is 0 Å². The van der Waals surface area contributed by atoms with Gasteiger partial charge in [-0.05, 0) is 49.9 Å². The molecular weight excluding hydrogens is 342 g/mol. The average Bonchev–Trinajstić information content (AvgIpc) is 2.68. The van der Waals surface area contributed by atoms with E-state index in [0.717, 1.165) is 31.5 Å². The number of aliphatic hydroxyl groups excluding tert-OH is 1. The number of carbonyl (C=O) groups excluding carboxylic acids is 1. The summed E-state index contributed by atoms with van der Waals surface area (Å²) in [6, 6.07) is 11.2. The van der Waals surface area contributed by atoms with Crippen molar-refractivity contribution < 1.29 is 9.90 Å². The van der Waals surface area contributed by atoms with Crippen molar-refractivity contribution in [1.82, 2.24) is 15.2 Å². The van der Waals surface area contributed by atoms with Crippen molar-refractivity contribution in [3.8, 4) is 0 Å². The normalized spacial score (nSPS) is 16.8. The summed E-state index contributed by atoms with van der Waals surface area (Å²) in [4.78, 5) is 28.4. The van der Waals surface area contributed by atoms with E-state index in [1.54, 1.807) is 6.92 Å². The van der Waals surface area contributed by atoms with Gasteiger partial charge in [-0.3, -0.25) is 9.59 Å². The lowest BCUT2D eigenvalue weighted by Crippen LogP contribution is -2.40. The van der Waals surface area contributed by atoms with E-state index < -0.39 is 6.10 Å². The van der Waals surface area contributed by atoms with Crippen LogP contribution in [0.15, 0.2) is 47.4 Å². The maximum absolute atomic E-state index is 12.3. The number of β-amino-alcohol motifs (C(OH)–C–C–N with tert-alkyl or cyclic N) is 1. The molecule has 1 aliphatic heterocycles. The molecule has 0 radical (unpaired) electrons. The minimum atomic E-state index is -0.467. The number of pyridine rings is 1.